The lowest BCUT2D eigenvalue weighted by Gasteiger charge is -2.38. The molecule has 0 aliphatic carbocycles. The normalized spacial score (nSPS) is 23.2. The number of hydrogen-bond acceptors (Lipinski definition) is 2. The van der Waals surface area contributed by atoms with Crippen molar-refractivity contribution in [2.75, 3.05) is 19.8 Å². The van der Waals surface area contributed by atoms with Crippen LogP contribution < -0.4 is 5.32 Å². The van der Waals surface area contributed by atoms with E-state index in [1.165, 1.54) is 12.0 Å². The van der Waals surface area contributed by atoms with Gasteiger partial charge in [0.15, 0.2) is 0 Å². The average molecular weight is 279 g/mol. The van der Waals surface area contributed by atoms with Gasteiger partial charge in [-0.05, 0) is 49.4 Å². The molecule has 0 spiro atoms. The van der Waals surface area contributed by atoms with Crippen molar-refractivity contribution >= 4 is 0 Å². The molecule has 2 nitrogen and oxygen atoms in total. The van der Waals surface area contributed by atoms with Crippen molar-refractivity contribution in [1.29, 1.82) is 0 Å². The van der Waals surface area contributed by atoms with Gasteiger partial charge in [0.05, 0.1) is 6.61 Å². The molecule has 0 amide bonds. The Morgan fingerprint density at radius 1 is 1.40 bits per heavy atom. The predicted octanol–water partition coefficient (Wildman–Crippen LogP) is 3.47. The highest BCUT2D eigenvalue weighted by Gasteiger charge is 2.33. The molecule has 20 heavy (non-hydrogen) atoms. The van der Waals surface area contributed by atoms with E-state index in [0.29, 0.717) is 6.04 Å². The van der Waals surface area contributed by atoms with E-state index < -0.39 is 0 Å². The third-order valence-corrected chi connectivity index (χ3v) is 4.16. The summed E-state index contributed by atoms with van der Waals surface area (Å²) in [5.41, 5.74) is 2.42. The van der Waals surface area contributed by atoms with Gasteiger partial charge in [0.25, 0.3) is 0 Å². The van der Waals surface area contributed by atoms with Crippen LogP contribution in [0.3, 0.4) is 0 Å². The molecule has 1 aliphatic heterocycles. The van der Waals surface area contributed by atoms with E-state index in [4.69, 9.17) is 4.74 Å². The second kappa shape index (κ2) is 6.68. The summed E-state index contributed by atoms with van der Waals surface area (Å²) in [7, 11) is 0. The summed E-state index contributed by atoms with van der Waals surface area (Å²) in [6, 6.07) is 5.59. The van der Waals surface area contributed by atoms with Crippen LogP contribution in [0, 0.1) is 18.2 Å². The van der Waals surface area contributed by atoms with Crippen molar-refractivity contribution in [3.05, 3.63) is 35.1 Å². The second-order valence-corrected chi connectivity index (χ2v) is 6.44. The van der Waals surface area contributed by atoms with Crippen LogP contribution >= 0.6 is 0 Å². The van der Waals surface area contributed by atoms with Gasteiger partial charge in [-0.25, -0.2) is 4.39 Å². The van der Waals surface area contributed by atoms with E-state index in [2.05, 4.69) is 19.2 Å². The molecule has 1 fully saturated rings. The Kier molecular flexibility index (Phi) is 5.17. The Bertz CT molecular complexity index is 439. The molecule has 1 aliphatic rings. The maximum Gasteiger partial charge on any atom is 0.123 e. The van der Waals surface area contributed by atoms with Crippen molar-refractivity contribution in [3.63, 3.8) is 0 Å². The minimum Gasteiger partial charge on any atom is -0.381 e. The largest absolute Gasteiger partial charge is 0.381 e. The van der Waals surface area contributed by atoms with Crippen LogP contribution in [0.15, 0.2) is 18.2 Å². The number of benzene rings is 1. The highest BCUT2D eigenvalue weighted by Crippen LogP contribution is 2.33. The van der Waals surface area contributed by atoms with Crippen LogP contribution in [0.25, 0.3) is 0 Å². The van der Waals surface area contributed by atoms with E-state index in [0.717, 1.165) is 38.2 Å². The summed E-state index contributed by atoms with van der Waals surface area (Å²) in [4.78, 5) is 0. The van der Waals surface area contributed by atoms with E-state index in [1.54, 1.807) is 12.1 Å². The second-order valence-electron chi connectivity index (χ2n) is 6.44. The zero-order valence-electron chi connectivity index (χ0n) is 12.8. The molecule has 1 N–H and O–H groups in total. The van der Waals surface area contributed by atoms with Gasteiger partial charge in [-0.15, -0.1) is 0 Å². The van der Waals surface area contributed by atoms with Gasteiger partial charge in [0.1, 0.15) is 5.82 Å². The molecule has 1 atom stereocenters. The van der Waals surface area contributed by atoms with Gasteiger partial charge in [-0.3, -0.25) is 0 Å². The molecule has 1 aromatic rings. The van der Waals surface area contributed by atoms with E-state index >= 15 is 0 Å². The molecule has 112 valence electrons. The number of aryl methyl sites for hydroxylation is 1. The van der Waals surface area contributed by atoms with Gasteiger partial charge in [-0.2, -0.15) is 0 Å². The number of rotatable bonds is 5. The Morgan fingerprint density at radius 2 is 2.20 bits per heavy atom. The quantitative estimate of drug-likeness (QED) is 0.891. The molecule has 1 aromatic carbocycles. The lowest BCUT2D eigenvalue weighted by molar-refractivity contribution is -0.00809. The summed E-state index contributed by atoms with van der Waals surface area (Å²) in [6.45, 7) is 8.95. The first-order valence-electron chi connectivity index (χ1n) is 7.57. The number of hydrogen-bond donors (Lipinski definition) is 1. The topological polar surface area (TPSA) is 21.3 Å². The third-order valence-electron chi connectivity index (χ3n) is 4.16. The SMILES string of the molecule is Cc1cc(F)ccc1CC1(CNC(C)C)CCCOC1. The zero-order valence-corrected chi connectivity index (χ0v) is 12.8. The first-order valence-corrected chi connectivity index (χ1v) is 7.57. The molecule has 1 unspecified atom stereocenters. The van der Waals surface area contributed by atoms with Gasteiger partial charge in [0, 0.05) is 24.6 Å². The molecule has 0 aromatic heterocycles. The molecule has 1 saturated heterocycles. The smallest absolute Gasteiger partial charge is 0.123 e. The predicted molar refractivity (Wildman–Crippen MR) is 80.5 cm³/mol. The number of nitrogens with one attached hydrogen (secondary N) is 1. The highest BCUT2D eigenvalue weighted by molar-refractivity contribution is 5.28. The van der Waals surface area contributed by atoms with Gasteiger partial charge in [-0.1, -0.05) is 19.9 Å². The van der Waals surface area contributed by atoms with Crippen molar-refractivity contribution < 1.29 is 9.13 Å². The molecular formula is C17H26FNO. The van der Waals surface area contributed by atoms with Gasteiger partial charge in [0.2, 0.25) is 0 Å². The number of halogens is 1. The van der Waals surface area contributed by atoms with Crippen LogP contribution in [0.4, 0.5) is 4.39 Å². The summed E-state index contributed by atoms with van der Waals surface area (Å²) < 4.78 is 19.0. The van der Waals surface area contributed by atoms with E-state index in [-0.39, 0.29) is 11.2 Å². The standard InChI is InChI=1S/C17H26FNO/c1-13(2)19-11-17(7-4-8-20-12-17)10-15-5-6-16(18)9-14(15)3/h5-6,9,13,19H,4,7-8,10-12H2,1-3H3. The lowest BCUT2D eigenvalue weighted by Crippen LogP contribution is -2.44. The molecule has 3 heteroatoms. The Balaban J connectivity index is 2.14. The lowest BCUT2D eigenvalue weighted by atomic mass is 9.76. The van der Waals surface area contributed by atoms with Crippen molar-refractivity contribution in [2.24, 2.45) is 5.41 Å². The molecule has 0 bridgehead atoms. The maximum atomic E-state index is 13.2. The molecule has 0 radical (unpaired) electrons. The van der Waals surface area contributed by atoms with Crippen molar-refractivity contribution in [2.45, 2.75) is 46.1 Å². The molecule has 1 heterocycles. The van der Waals surface area contributed by atoms with Crippen molar-refractivity contribution in [1.82, 2.24) is 5.32 Å². The van der Waals surface area contributed by atoms with Crippen LogP contribution in [-0.2, 0) is 11.2 Å². The van der Waals surface area contributed by atoms with E-state index in [9.17, 15) is 4.39 Å². The Hall–Kier alpha value is -0.930. The first kappa shape index (κ1) is 15.5. The minimum absolute atomic E-state index is 0.144. The fraction of sp³-hybridized carbons (Fsp3) is 0.647. The fourth-order valence-electron chi connectivity index (χ4n) is 2.93. The van der Waals surface area contributed by atoms with Crippen LogP contribution in [0.1, 0.15) is 37.8 Å². The fourth-order valence-corrected chi connectivity index (χ4v) is 2.93. The molecule has 2 rings (SSSR count). The molecular weight excluding hydrogens is 253 g/mol. The van der Waals surface area contributed by atoms with E-state index in [1.807, 2.05) is 13.0 Å². The van der Waals surface area contributed by atoms with Crippen LogP contribution in [0.2, 0.25) is 0 Å². The first-order chi connectivity index (χ1) is 9.51. The average Bonchev–Trinajstić information content (AvgIpc) is 2.41. The summed E-state index contributed by atoms with van der Waals surface area (Å²) in [5.74, 6) is -0.152. The Morgan fingerprint density at radius 3 is 2.80 bits per heavy atom. The Labute approximate surface area is 121 Å². The highest BCUT2D eigenvalue weighted by atomic mass is 19.1. The zero-order chi connectivity index (χ0) is 14.6. The summed E-state index contributed by atoms with van der Waals surface area (Å²) >= 11 is 0. The van der Waals surface area contributed by atoms with Crippen molar-refractivity contribution in [3.8, 4) is 0 Å². The van der Waals surface area contributed by atoms with Gasteiger partial charge < -0.3 is 10.1 Å². The minimum atomic E-state index is -0.152. The summed E-state index contributed by atoms with van der Waals surface area (Å²) in [6.07, 6.45) is 3.24. The van der Waals surface area contributed by atoms with Crippen LogP contribution in [0.5, 0.6) is 0 Å². The monoisotopic (exact) mass is 279 g/mol. The molecule has 0 saturated carbocycles. The van der Waals surface area contributed by atoms with Gasteiger partial charge >= 0.3 is 0 Å². The maximum absolute atomic E-state index is 13.2. The summed E-state index contributed by atoms with van der Waals surface area (Å²) in [5, 5.41) is 3.55. The van der Waals surface area contributed by atoms with Crippen LogP contribution in [-0.4, -0.2) is 25.8 Å². The number of ether oxygens (including phenoxy) is 1. The third kappa shape index (κ3) is 4.03.